The van der Waals surface area contributed by atoms with Crippen LogP contribution in [-0.4, -0.2) is 35.4 Å². The zero-order chi connectivity index (χ0) is 21.4. The van der Waals surface area contributed by atoms with E-state index in [1.807, 2.05) is 6.07 Å². The highest BCUT2D eigenvalue weighted by Crippen LogP contribution is 2.55. The van der Waals surface area contributed by atoms with Gasteiger partial charge < -0.3 is 14.4 Å². The fourth-order valence-corrected chi connectivity index (χ4v) is 5.85. The van der Waals surface area contributed by atoms with Gasteiger partial charge in [0.1, 0.15) is 11.8 Å². The van der Waals surface area contributed by atoms with E-state index in [-0.39, 0.29) is 23.5 Å². The van der Waals surface area contributed by atoms with Crippen LogP contribution in [0.5, 0.6) is 0 Å². The molecule has 4 rings (SSSR count). The van der Waals surface area contributed by atoms with Crippen LogP contribution in [0, 0.1) is 5.41 Å². The van der Waals surface area contributed by atoms with Crippen LogP contribution in [0.15, 0.2) is 73.3 Å². The second-order valence-electron chi connectivity index (χ2n) is 8.86. The van der Waals surface area contributed by atoms with Crippen LogP contribution in [0.25, 0.3) is 0 Å². The van der Waals surface area contributed by atoms with Gasteiger partial charge in [-0.15, -0.1) is 6.58 Å². The average molecular weight is 422 g/mol. The first-order chi connectivity index (χ1) is 14.4. The van der Waals surface area contributed by atoms with E-state index in [1.165, 1.54) is 11.1 Å². The Balaban J connectivity index is 1.73. The van der Waals surface area contributed by atoms with Crippen molar-refractivity contribution >= 4 is 17.2 Å². The van der Waals surface area contributed by atoms with Crippen molar-refractivity contribution in [2.24, 2.45) is 5.41 Å². The Morgan fingerprint density at radius 2 is 1.77 bits per heavy atom. The van der Waals surface area contributed by atoms with E-state index in [1.54, 1.807) is 7.11 Å². The second-order valence-corrected chi connectivity index (χ2v) is 9.25. The average Bonchev–Trinajstić information content (AvgIpc) is 3.07. The summed E-state index contributed by atoms with van der Waals surface area (Å²) in [6.45, 7) is 9.21. The monoisotopic (exact) mass is 421 g/mol. The van der Waals surface area contributed by atoms with Gasteiger partial charge >= 0.3 is 0 Å². The predicted molar refractivity (Wildman–Crippen MR) is 125 cm³/mol. The number of hydrogen-bond acceptors (Lipinski definition) is 3. The van der Waals surface area contributed by atoms with Crippen molar-refractivity contribution in [2.45, 2.75) is 50.5 Å². The van der Waals surface area contributed by atoms with E-state index < -0.39 is 5.72 Å². The van der Waals surface area contributed by atoms with Crippen molar-refractivity contribution in [3.63, 3.8) is 0 Å². The summed E-state index contributed by atoms with van der Waals surface area (Å²) in [7, 11) is 1.75. The van der Waals surface area contributed by atoms with Crippen molar-refractivity contribution < 1.29 is 9.47 Å². The van der Waals surface area contributed by atoms with E-state index in [4.69, 9.17) is 21.7 Å². The molecule has 0 amide bonds. The highest BCUT2D eigenvalue weighted by molar-refractivity contribution is 7.80. The molecule has 158 valence electrons. The molecule has 0 N–H and O–H groups in total. The third-order valence-corrected chi connectivity index (χ3v) is 7.60. The van der Waals surface area contributed by atoms with Crippen LogP contribution in [0.3, 0.4) is 0 Å². The third kappa shape index (κ3) is 3.41. The van der Waals surface area contributed by atoms with Gasteiger partial charge in [0.25, 0.3) is 0 Å². The Kier molecular flexibility index (Phi) is 5.84. The maximum atomic E-state index is 6.72. The number of benzene rings is 2. The number of nitrogens with zero attached hydrogens (tertiary/aromatic N) is 1. The molecule has 0 radical (unpaired) electrons. The van der Waals surface area contributed by atoms with Crippen LogP contribution in [-0.2, 0) is 9.47 Å². The van der Waals surface area contributed by atoms with Gasteiger partial charge in [-0.05, 0) is 30.9 Å². The van der Waals surface area contributed by atoms with Crippen LogP contribution < -0.4 is 0 Å². The van der Waals surface area contributed by atoms with Gasteiger partial charge in [-0.2, -0.15) is 0 Å². The number of methoxy groups -OCH3 is 1. The van der Waals surface area contributed by atoms with Crippen LogP contribution in [0.4, 0.5) is 0 Å². The molecule has 2 fully saturated rings. The summed E-state index contributed by atoms with van der Waals surface area (Å²) in [5.41, 5.74) is 1.79. The lowest BCUT2D eigenvalue weighted by Gasteiger charge is -2.52. The number of hydrogen-bond donors (Lipinski definition) is 0. The summed E-state index contributed by atoms with van der Waals surface area (Å²) in [6.07, 6.45) is 3.84. The zero-order valence-electron chi connectivity index (χ0n) is 18.1. The Morgan fingerprint density at radius 3 is 2.37 bits per heavy atom. The fraction of sp³-hybridized carbons (Fsp3) is 0.423. The van der Waals surface area contributed by atoms with Crippen molar-refractivity contribution in [2.75, 3.05) is 13.7 Å². The molecule has 0 spiro atoms. The lowest BCUT2D eigenvalue weighted by molar-refractivity contribution is -0.0925. The molecule has 2 heterocycles. The number of allylic oxidation sites excluding steroid dienone is 1. The smallest absolute Gasteiger partial charge is 0.140 e. The van der Waals surface area contributed by atoms with Gasteiger partial charge in [-0.25, -0.2) is 0 Å². The van der Waals surface area contributed by atoms with Gasteiger partial charge in [0.2, 0.25) is 0 Å². The quantitative estimate of drug-likeness (QED) is 0.428. The van der Waals surface area contributed by atoms with Gasteiger partial charge in [0, 0.05) is 18.4 Å². The van der Waals surface area contributed by atoms with E-state index in [0.717, 1.165) is 17.8 Å². The van der Waals surface area contributed by atoms with E-state index in [2.05, 4.69) is 86.0 Å². The molecule has 30 heavy (non-hydrogen) atoms. The molecule has 0 saturated carbocycles. The van der Waals surface area contributed by atoms with Crippen molar-refractivity contribution in [3.8, 4) is 0 Å². The Bertz CT molecular complexity index is 902. The van der Waals surface area contributed by atoms with Crippen molar-refractivity contribution in [3.05, 3.63) is 84.4 Å². The summed E-state index contributed by atoms with van der Waals surface area (Å²) in [6, 6.07) is 21.0. The fourth-order valence-electron chi connectivity index (χ4n) is 5.29. The first-order valence-electron chi connectivity index (χ1n) is 10.7. The van der Waals surface area contributed by atoms with Crippen molar-refractivity contribution in [1.82, 2.24) is 4.90 Å². The molecule has 2 aliphatic heterocycles. The van der Waals surface area contributed by atoms with Gasteiger partial charge in [-0.3, -0.25) is 0 Å². The molecule has 2 aromatic rings. The summed E-state index contributed by atoms with van der Waals surface area (Å²) in [5, 5.41) is 0. The first-order valence-corrected chi connectivity index (χ1v) is 11.1. The van der Waals surface area contributed by atoms with Gasteiger partial charge in [-0.1, -0.05) is 85.9 Å². The van der Waals surface area contributed by atoms with E-state index in [0.29, 0.717) is 6.61 Å². The maximum Gasteiger partial charge on any atom is 0.140 e. The minimum absolute atomic E-state index is 0.0377. The number of thiocarbonyl (C=S) groups is 1. The molecular formula is C26H31NO2S. The van der Waals surface area contributed by atoms with Crippen molar-refractivity contribution in [1.29, 1.82) is 0 Å². The summed E-state index contributed by atoms with van der Waals surface area (Å²) < 4.78 is 12.4. The molecule has 4 heteroatoms. The molecule has 0 bridgehead atoms. The summed E-state index contributed by atoms with van der Waals surface area (Å²) >= 11 is 6.23. The number of ether oxygens (including phenoxy) is 2. The standard InChI is InChI=1S/C26H31NO2S/c1-5-21(19-12-8-6-9-13-19)25(2)16-17-26(3)27(24(25)30)22(18-28-4)23(29-26)20-14-10-7-11-15-20/h5-15,21-23H,1,16-18H2,2-4H3/t21-,22-,23-,25-,26?/m0/s1. The first kappa shape index (κ1) is 21.2. The minimum atomic E-state index is -0.428. The summed E-state index contributed by atoms with van der Waals surface area (Å²) in [4.78, 5) is 3.29. The van der Waals surface area contributed by atoms with Gasteiger partial charge in [0.15, 0.2) is 0 Å². The molecule has 2 aromatic carbocycles. The predicted octanol–water partition coefficient (Wildman–Crippen LogP) is 5.89. The van der Waals surface area contributed by atoms with E-state index >= 15 is 0 Å². The van der Waals surface area contributed by atoms with Gasteiger partial charge in [0.05, 0.1) is 17.6 Å². The molecule has 0 aliphatic carbocycles. The second kappa shape index (κ2) is 8.26. The largest absolute Gasteiger partial charge is 0.382 e. The molecule has 2 aliphatic rings. The number of fused-ring (bicyclic) bond motifs is 1. The number of piperidine rings is 1. The lowest BCUT2D eigenvalue weighted by Crippen LogP contribution is -2.60. The SMILES string of the molecule is C=C[C@@H](c1ccccc1)[C@]1(C)CCC2(C)O[C@@H](c3ccccc3)[C@H](COC)N2C1=S. The molecule has 3 nitrogen and oxygen atoms in total. The molecule has 0 aromatic heterocycles. The highest BCUT2D eigenvalue weighted by Gasteiger charge is 2.58. The van der Waals surface area contributed by atoms with Crippen LogP contribution in [0.2, 0.25) is 0 Å². The normalized spacial score (nSPS) is 32.0. The zero-order valence-corrected chi connectivity index (χ0v) is 18.9. The molecular weight excluding hydrogens is 390 g/mol. The molecule has 2 saturated heterocycles. The lowest BCUT2D eigenvalue weighted by atomic mass is 9.67. The Hall–Kier alpha value is -2.01. The van der Waals surface area contributed by atoms with Crippen LogP contribution in [0.1, 0.15) is 49.8 Å². The Morgan fingerprint density at radius 1 is 1.13 bits per heavy atom. The maximum absolute atomic E-state index is 6.72. The van der Waals surface area contributed by atoms with Crippen LogP contribution >= 0.6 is 12.2 Å². The van der Waals surface area contributed by atoms with E-state index in [9.17, 15) is 0 Å². The highest BCUT2D eigenvalue weighted by atomic mass is 32.1. The molecule has 5 atom stereocenters. The topological polar surface area (TPSA) is 21.7 Å². The third-order valence-electron chi connectivity index (χ3n) is 6.93. The summed E-state index contributed by atoms with van der Waals surface area (Å²) in [5.74, 6) is 0.148. The number of rotatable bonds is 6. The Labute approximate surface area is 185 Å². The molecule has 1 unspecified atom stereocenters. The minimum Gasteiger partial charge on any atom is -0.382 e.